The Morgan fingerprint density at radius 3 is 2.11 bits per heavy atom. The Morgan fingerprint density at radius 1 is 0.842 bits per heavy atom. The second kappa shape index (κ2) is 11.3. The summed E-state index contributed by atoms with van der Waals surface area (Å²) >= 11 is 0. The summed E-state index contributed by atoms with van der Waals surface area (Å²) in [6, 6.07) is 28.7. The van der Waals surface area contributed by atoms with E-state index in [0.29, 0.717) is 42.2 Å². The number of ether oxygens (including phenoxy) is 1. The van der Waals surface area contributed by atoms with Crippen LogP contribution in [0.2, 0.25) is 0 Å². The average molecular weight is 513 g/mol. The van der Waals surface area contributed by atoms with Crippen molar-refractivity contribution in [3.63, 3.8) is 0 Å². The number of anilines is 1. The van der Waals surface area contributed by atoms with Crippen LogP contribution in [0.15, 0.2) is 108 Å². The van der Waals surface area contributed by atoms with E-state index in [1.165, 1.54) is 24.3 Å². The number of amides is 1. The molecule has 1 fully saturated rings. The van der Waals surface area contributed by atoms with Gasteiger partial charge in [-0.3, -0.25) is 4.79 Å². The largest absolute Gasteiger partial charge is 0.489 e. The number of hydrogen-bond donors (Lipinski definition) is 1. The lowest BCUT2D eigenvalue weighted by molar-refractivity contribution is -0.130. The third kappa shape index (κ3) is 5.42. The molecule has 7 heteroatoms. The fourth-order valence-electron chi connectivity index (χ4n) is 4.79. The molecule has 0 radical (unpaired) electrons. The van der Waals surface area contributed by atoms with E-state index in [9.17, 15) is 18.8 Å². The average Bonchev–Trinajstić information content (AvgIpc) is 2.95. The molecule has 1 amide bonds. The van der Waals surface area contributed by atoms with Gasteiger partial charge in [-0.15, -0.1) is 0 Å². The number of nitrogens with zero attached hydrogens (tertiary/aromatic N) is 2. The van der Waals surface area contributed by atoms with Gasteiger partial charge in [-0.2, -0.15) is 0 Å². The second-order valence-electron chi connectivity index (χ2n) is 9.17. The fourth-order valence-corrected chi connectivity index (χ4v) is 4.79. The Bertz CT molecular complexity index is 1410. The van der Waals surface area contributed by atoms with Crippen molar-refractivity contribution in [2.45, 2.75) is 25.5 Å². The molecule has 0 aliphatic carbocycles. The Labute approximate surface area is 219 Å². The van der Waals surface area contributed by atoms with Crippen LogP contribution in [0.1, 0.15) is 35.6 Å². The first-order valence-corrected chi connectivity index (χ1v) is 12.4. The molecule has 5 nitrogen and oxygen atoms in total. The highest BCUT2D eigenvalue weighted by atomic mass is 19.1. The van der Waals surface area contributed by atoms with Gasteiger partial charge in [0.05, 0.1) is 17.7 Å². The van der Waals surface area contributed by atoms with Crippen LogP contribution in [0.4, 0.5) is 14.5 Å². The first kappa shape index (κ1) is 25.1. The summed E-state index contributed by atoms with van der Waals surface area (Å²) in [6.07, 6.45) is 0.745. The molecule has 4 aromatic rings. The van der Waals surface area contributed by atoms with Gasteiger partial charge in [-0.05, 0) is 78.1 Å². The predicted molar refractivity (Wildman–Crippen MR) is 141 cm³/mol. The third-order valence-electron chi connectivity index (χ3n) is 6.78. The molecule has 192 valence electrons. The van der Waals surface area contributed by atoms with Crippen molar-refractivity contribution in [1.82, 2.24) is 0 Å². The van der Waals surface area contributed by atoms with Crippen LogP contribution in [-0.4, -0.2) is 16.8 Å². The second-order valence-corrected chi connectivity index (χ2v) is 9.17. The van der Waals surface area contributed by atoms with Gasteiger partial charge in [0.1, 0.15) is 24.0 Å². The lowest BCUT2D eigenvalue weighted by atomic mass is 9.78. The summed E-state index contributed by atoms with van der Waals surface area (Å²) in [4.78, 5) is 15.0. The molecule has 0 bridgehead atoms. The number of halogens is 2. The van der Waals surface area contributed by atoms with Crippen molar-refractivity contribution in [3.05, 3.63) is 131 Å². The zero-order chi connectivity index (χ0) is 26.5. The fraction of sp³-hybridized carbons (Fsp3) is 0.161. The summed E-state index contributed by atoms with van der Waals surface area (Å²) in [6.45, 7) is 0.444. The Hall–Kier alpha value is -4.52. The summed E-state index contributed by atoms with van der Waals surface area (Å²) in [5.41, 5.74) is 3.55. The van der Waals surface area contributed by atoms with Gasteiger partial charge in [-0.25, -0.2) is 8.78 Å². The summed E-state index contributed by atoms with van der Waals surface area (Å²) in [5, 5.41) is 13.0. The maximum Gasteiger partial charge on any atom is 0.233 e. The van der Waals surface area contributed by atoms with E-state index >= 15 is 0 Å². The minimum absolute atomic E-state index is 0.0950. The van der Waals surface area contributed by atoms with Crippen molar-refractivity contribution in [1.29, 1.82) is 0 Å². The number of carbonyl (C=O) groups is 1. The van der Waals surface area contributed by atoms with Gasteiger partial charge in [0, 0.05) is 5.69 Å². The Morgan fingerprint density at radius 2 is 1.47 bits per heavy atom. The van der Waals surface area contributed by atoms with Crippen molar-refractivity contribution >= 4 is 17.3 Å². The number of benzene rings is 4. The van der Waals surface area contributed by atoms with Gasteiger partial charge in [0.25, 0.3) is 0 Å². The van der Waals surface area contributed by atoms with E-state index in [-0.39, 0.29) is 29.5 Å². The smallest absolute Gasteiger partial charge is 0.233 e. The molecule has 0 aromatic heterocycles. The van der Waals surface area contributed by atoms with Crippen molar-refractivity contribution < 1.29 is 23.5 Å². The van der Waals surface area contributed by atoms with Crippen molar-refractivity contribution in [2.75, 3.05) is 4.90 Å². The summed E-state index contributed by atoms with van der Waals surface area (Å²) in [5.74, 6) is -0.529. The maximum atomic E-state index is 13.6. The standard InChI is InChI=1S/C31H26F2N2O3/c32-24-10-6-22(7-11-24)29(34-37)19-18-28-30(35(31(28)36)26-14-12-25(33)13-15-26)23-8-16-27(17-9-23)38-20-21-4-2-1-3-5-21/h1-17,28,30,37H,18-20H2/b34-29-/t28-,30-/m1/s1. The lowest BCUT2D eigenvalue weighted by Crippen LogP contribution is -2.55. The van der Waals surface area contributed by atoms with Gasteiger partial charge in [-0.1, -0.05) is 59.8 Å². The molecule has 1 aliphatic rings. The number of hydrogen-bond acceptors (Lipinski definition) is 4. The van der Waals surface area contributed by atoms with E-state index in [4.69, 9.17) is 4.74 Å². The molecule has 0 unspecified atom stereocenters. The minimum Gasteiger partial charge on any atom is -0.489 e. The molecule has 1 aliphatic heterocycles. The predicted octanol–water partition coefficient (Wildman–Crippen LogP) is 6.91. The maximum absolute atomic E-state index is 13.6. The molecule has 38 heavy (non-hydrogen) atoms. The van der Waals surface area contributed by atoms with Crippen LogP contribution in [-0.2, 0) is 11.4 Å². The van der Waals surface area contributed by atoms with Crippen molar-refractivity contribution in [2.24, 2.45) is 11.1 Å². The van der Waals surface area contributed by atoms with Gasteiger partial charge >= 0.3 is 0 Å². The zero-order valence-corrected chi connectivity index (χ0v) is 20.5. The lowest BCUT2D eigenvalue weighted by Gasteiger charge is -2.47. The van der Waals surface area contributed by atoms with E-state index in [1.54, 1.807) is 29.2 Å². The van der Waals surface area contributed by atoms with Crippen molar-refractivity contribution in [3.8, 4) is 5.75 Å². The third-order valence-corrected chi connectivity index (χ3v) is 6.78. The van der Waals surface area contributed by atoms with E-state index < -0.39 is 0 Å². The molecular weight excluding hydrogens is 486 g/mol. The topological polar surface area (TPSA) is 62.1 Å². The number of β-lactam (4-membered cyclic amide) rings is 1. The molecular formula is C31H26F2N2O3. The van der Waals surface area contributed by atoms with Crippen LogP contribution in [0.3, 0.4) is 0 Å². The van der Waals surface area contributed by atoms with Gasteiger partial charge < -0.3 is 14.8 Å². The quantitative estimate of drug-likeness (QED) is 0.115. The minimum atomic E-state index is -0.383. The summed E-state index contributed by atoms with van der Waals surface area (Å²) < 4.78 is 32.8. The molecule has 1 heterocycles. The van der Waals surface area contributed by atoms with E-state index in [2.05, 4.69) is 5.16 Å². The zero-order valence-electron chi connectivity index (χ0n) is 20.5. The van der Waals surface area contributed by atoms with Crippen LogP contribution in [0, 0.1) is 17.6 Å². The highest BCUT2D eigenvalue weighted by molar-refractivity contribution is 6.04. The molecule has 5 rings (SSSR count). The highest BCUT2D eigenvalue weighted by Gasteiger charge is 2.48. The molecule has 0 saturated carbocycles. The Kier molecular flexibility index (Phi) is 7.45. The Balaban J connectivity index is 1.35. The van der Waals surface area contributed by atoms with Crippen LogP contribution in [0.25, 0.3) is 0 Å². The number of oxime groups is 1. The summed E-state index contributed by atoms with van der Waals surface area (Å²) in [7, 11) is 0. The molecule has 2 atom stereocenters. The van der Waals surface area contributed by atoms with Gasteiger partial charge in [0.2, 0.25) is 5.91 Å². The SMILES string of the molecule is O=C1[C@H](CC/C(=N/O)c2ccc(F)cc2)[C@@H](c2ccc(OCc3ccccc3)cc2)N1c1ccc(F)cc1. The molecule has 0 spiro atoms. The van der Waals surface area contributed by atoms with Crippen LogP contribution < -0.4 is 9.64 Å². The first-order valence-electron chi connectivity index (χ1n) is 12.4. The van der Waals surface area contributed by atoms with Crippen LogP contribution in [0.5, 0.6) is 5.75 Å². The van der Waals surface area contributed by atoms with Crippen LogP contribution >= 0.6 is 0 Å². The normalized spacial score (nSPS) is 17.3. The monoisotopic (exact) mass is 512 g/mol. The highest BCUT2D eigenvalue weighted by Crippen LogP contribution is 2.46. The first-order chi connectivity index (χ1) is 18.5. The van der Waals surface area contributed by atoms with E-state index in [0.717, 1.165) is 11.1 Å². The number of carbonyl (C=O) groups excluding carboxylic acids is 1. The van der Waals surface area contributed by atoms with E-state index in [1.807, 2.05) is 54.6 Å². The molecule has 1 N–H and O–H groups in total. The number of rotatable bonds is 9. The molecule has 1 saturated heterocycles. The van der Waals surface area contributed by atoms with Gasteiger partial charge in [0.15, 0.2) is 0 Å². The molecule has 4 aromatic carbocycles.